The summed E-state index contributed by atoms with van der Waals surface area (Å²) in [5.74, 6) is 0.665. The monoisotopic (exact) mass is 357 g/mol. The van der Waals surface area contributed by atoms with Crippen molar-refractivity contribution in [3.8, 4) is 17.0 Å². The zero-order chi connectivity index (χ0) is 18.8. The van der Waals surface area contributed by atoms with Crippen LogP contribution in [0.15, 0.2) is 67.1 Å². The molecule has 0 aliphatic carbocycles. The van der Waals surface area contributed by atoms with Gasteiger partial charge in [-0.05, 0) is 42.8 Å². The van der Waals surface area contributed by atoms with Gasteiger partial charge in [-0.25, -0.2) is 4.98 Å². The molecule has 0 saturated carbocycles. The lowest BCUT2D eigenvalue weighted by Gasteiger charge is -2.18. The van der Waals surface area contributed by atoms with Crippen molar-refractivity contribution in [1.82, 2.24) is 15.0 Å². The molecule has 1 aromatic carbocycles. The van der Waals surface area contributed by atoms with Crippen molar-refractivity contribution < 1.29 is 9.84 Å². The smallest absolute Gasteiger partial charge is 0.127 e. The number of ether oxygens (including phenoxy) is 1. The van der Waals surface area contributed by atoms with E-state index in [-0.39, 0.29) is 0 Å². The molecule has 0 unspecified atom stereocenters. The van der Waals surface area contributed by atoms with Gasteiger partial charge in [0.1, 0.15) is 11.9 Å². The SMILES string of the molecule is COc1c(C)cccc1[C@@H](O)c1nc(-c2ccncc2)cc2ncccc12. The molecule has 0 spiro atoms. The first-order chi connectivity index (χ1) is 13.2. The number of aromatic nitrogens is 3. The van der Waals surface area contributed by atoms with Gasteiger partial charge in [-0.1, -0.05) is 18.2 Å². The molecule has 4 aromatic rings. The molecule has 3 aromatic heterocycles. The Bertz CT molecular complexity index is 1100. The van der Waals surface area contributed by atoms with Crippen molar-refractivity contribution >= 4 is 10.9 Å². The first kappa shape index (κ1) is 17.1. The van der Waals surface area contributed by atoms with Crippen LogP contribution in [0.2, 0.25) is 0 Å². The van der Waals surface area contributed by atoms with E-state index in [1.165, 1.54) is 0 Å². The van der Waals surface area contributed by atoms with E-state index in [1.807, 2.05) is 55.5 Å². The Hall–Kier alpha value is -3.31. The number of rotatable bonds is 4. The second-order valence-electron chi connectivity index (χ2n) is 6.30. The van der Waals surface area contributed by atoms with Gasteiger partial charge in [0.25, 0.3) is 0 Å². The van der Waals surface area contributed by atoms with E-state index in [0.717, 1.165) is 27.7 Å². The molecular weight excluding hydrogens is 338 g/mol. The maximum Gasteiger partial charge on any atom is 0.127 e. The van der Waals surface area contributed by atoms with E-state index >= 15 is 0 Å². The average Bonchev–Trinajstić information content (AvgIpc) is 2.73. The number of aliphatic hydroxyl groups excluding tert-OH is 1. The topological polar surface area (TPSA) is 68.1 Å². The van der Waals surface area contributed by atoms with Gasteiger partial charge in [0.05, 0.1) is 24.0 Å². The van der Waals surface area contributed by atoms with Crippen molar-refractivity contribution in [2.24, 2.45) is 0 Å². The summed E-state index contributed by atoms with van der Waals surface area (Å²) in [5.41, 5.74) is 4.63. The van der Waals surface area contributed by atoms with E-state index < -0.39 is 6.10 Å². The third-order valence-corrected chi connectivity index (χ3v) is 4.60. The minimum Gasteiger partial charge on any atom is -0.496 e. The second kappa shape index (κ2) is 7.13. The molecule has 1 atom stereocenters. The highest BCUT2D eigenvalue weighted by Crippen LogP contribution is 2.35. The standard InChI is InChI=1S/C22H19N3O2/c1-14-5-3-6-17(22(14)27-2)21(26)20-16-7-4-10-24-19(16)13-18(25-20)15-8-11-23-12-9-15/h3-13,21,26H,1-2H3/t21-/m1/s1. The lowest BCUT2D eigenvalue weighted by molar-refractivity contribution is 0.211. The summed E-state index contributed by atoms with van der Waals surface area (Å²) >= 11 is 0. The molecule has 5 nitrogen and oxygen atoms in total. The van der Waals surface area contributed by atoms with Crippen LogP contribution in [-0.2, 0) is 0 Å². The minimum atomic E-state index is -0.937. The number of aryl methyl sites for hydroxylation is 1. The normalized spacial score (nSPS) is 12.1. The van der Waals surface area contributed by atoms with Crippen molar-refractivity contribution in [3.63, 3.8) is 0 Å². The summed E-state index contributed by atoms with van der Waals surface area (Å²) in [7, 11) is 1.61. The van der Waals surface area contributed by atoms with Crippen LogP contribution in [0.5, 0.6) is 5.75 Å². The predicted molar refractivity (Wildman–Crippen MR) is 105 cm³/mol. The molecule has 0 aliphatic rings. The third kappa shape index (κ3) is 3.13. The molecule has 0 saturated heterocycles. The van der Waals surface area contributed by atoms with Crippen LogP contribution in [0.1, 0.15) is 22.9 Å². The van der Waals surface area contributed by atoms with Crippen LogP contribution in [0.4, 0.5) is 0 Å². The molecule has 1 N–H and O–H groups in total. The summed E-state index contributed by atoms with van der Waals surface area (Å²) in [6, 6.07) is 15.2. The molecule has 3 heterocycles. The summed E-state index contributed by atoms with van der Waals surface area (Å²) in [6.07, 6.45) is 4.24. The molecular formula is C22H19N3O2. The molecule has 0 radical (unpaired) electrons. The highest BCUT2D eigenvalue weighted by atomic mass is 16.5. The number of hydrogen-bond acceptors (Lipinski definition) is 5. The largest absolute Gasteiger partial charge is 0.496 e. The van der Waals surface area contributed by atoms with Crippen LogP contribution < -0.4 is 4.74 Å². The number of para-hydroxylation sites is 1. The minimum absolute atomic E-state index is 0.552. The average molecular weight is 357 g/mol. The number of nitrogens with zero attached hydrogens (tertiary/aromatic N) is 3. The zero-order valence-electron chi connectivity index (χ0n) is 15.1. The van der Waals surface area contributed by atoms with Crippen LogP contribution in [0.3, 0.4) is 0 Å². The second-order valence-corrected chi connectivity index (χ2v) is 6.30. The van der Waals surface area contributed by atoms with E-state index in [1.54, 1.807) is 25.7 Å². The van der Waals surface area contributed by atoms with Gasteiger partial charge in [0.15, 0.2) is 0 Å². The van der Waals surface area contributed by atoms with Gasteiger partial charge in [-0.15, -0.1) is 0 Å². The molecule has 0 bridgehead atoms. The van der Waals surface area contributed by atoms with Gasteiger partial charge in [0, 0.05) is 35.1 Å². The number of aliphatic hydroxyl groups is 1. The van der Waals surface area contributed by atoms with Gasteiger partial charge in [-0.3, -0.25) is 9.97 Å². The van der Waals surface area contributed by atoms with Crippen molar-refractivity contribution in [2.75, 3.05) is 7.11 Å². The third-order valence-electron chi connectivity index (χ3n) is 4.60. The lowest BCUT2D eigenvalue weighted by Crippen LogP contribution is -2.07. The van der Waals surface area contributed by atoms with Gasteiger partial charge < -0.3 is 9.84 Å². The van der Waals surface area contributed by atoms with Gasteiger partial charge in [0.2, 0.25) is 0 Å². The van der Waals surface area contributed by atoms with E-state index in [9.17, 15) is 5.11 Å². The Morgan fingerprint density at radius 2 is 1.81 bits per heavy atom. The quantitative estimate of drug-likeness (QED) is 0.596. The Labute approximate surface area is 157 Å². The highest BCUT2D eigenvalue weighted by molar-refractivity contribution is 5.85. The number of fused-ring (bicyclic) bond motifs is 1. The van der Waals surface area contributed by atoms with Crippen LogP contribution in [0, 0.1) is 6.92 Å². The molecule has 134 valence electrons. The summed E-state index contributed by atoms with van der Waals surface area (Å²) in [5, 5.41) is 12.0. The van der Waals surface area contributed by atoms with E-state index in [4.69, 9.17) is 9.72 Å². The van der Waals surface area contributed by atoms with E-state index in [0.29, 0.717) is 17.0 Å². The highest BCUT2D eigenvalue weighted by Gasteiger charge is 2.21. The van der Waals surface area contributed by atoms with Gasteiger partial charge in [-0.2, -0.15) is 0 Å². The number of hydrogen-bond donors (Lipinski definition) is 1. The molecule has 27 heavy (non-hydrogen) atoms. The number of benzene rings is 1. The first-order valence-electron chi connectivity index (χ1n) is 8.66. The predicted octanol–water partition coefficient (Wildman–Crippen LogP) is 4.09. The maximum absolute atomic E-state index is 11.2. The first-order valence-corrected chi connectivity index (χ1v) is 8.66. The Morgan fingerprint density at radius 3 is 2.59 bits per heavy atom. The van der Waals surface area contributed by atoms with Gasteiger partial charge >= 0.3 is 0 Å². The Kier molecular flexibility index (Phi) is 4.52. The van der Waals surface area contributed by atoms with Crippen LogP contribution >= 0.6 is 0 Å². The molecule has 5 heteroatoms. The number of methoxy groups -OCH3 is 1. The van der Waals surface area contributed by atoms with Crippen LogP contribution in [-0.4, -0.2) is 27.2 Å². The summed E-state index contributed by atoms with van der Waals surface area (Å²) in [6.45, 7) is 1.95. The van der Waals surface area contributed by atoms with Crippen molar-refractivity contribution in [3.05, 3.63) is 83.9 Å². The molecule has 0 amide bonds. The van der Waals surface area contributed by atoms with Crippen molar-refractivity contribution in [2.45, 2.75) is 13.0 Å². The fraction of sp³-hybridized carbons (Fsp3) is 0.136. The van der Waals surface area contributed by atoms with Crippen LogP contribution in [0.25, 0.3) is 22.2 Å². The van der Waals surface area contributed by atoms with Crippen molar-refractivity contribution in [1.29, 1.82) is 0 Å². The molecule has 0 fully saturated rings. The fourth-order valence-electron chi connectivity index (χ4n) is 3.30. The Morgan fingerprint density at radius 1 is 1.00 bits per heavy atom. The summed E-state index contributed by atoms with van der Waals surface area (Å²) in [4.78, 5) is 13.3. The maximum atomic E-state index is 11.2. The zero-order valence-corrected chi connectivity index (χ0v) is 15.1. The lowest BCUT2D eigenvalue weighted by atomic mass is 9.98. The fourth-order valence-corrected chi connectivity index (χ4v) is 3.30. The molecule has 0 aliphatic heterocycles. The number of pyridine rings is 3. The molecule has 4 rings (SSSR count). The van der Waals surface area contributed by atoms with E-state index in [2.05, 4.69) is 9.97 Å². The summed E-state index contributed by atoms with van der Waals surface area (Å²) < 4.78 is 5.53. The Balaban J connectivity index is 1.94.